The Balaban J connectivity index is 1.92. The van der Waals surface area contributed by atoms with Crippen LogP contribution in [0.15, 0.2) is 54.7 Å². The Kier molecular flexibility index (Phi) is 5.87. The summed E-state index contributed by atoms with van der Waals surface area (Å²) in [6, 6.07) is 14.2. The summed E-state index contributed by atoms with van der Waals surface area (Å²) in [7, 11) is 0. The highest BCUT2D eigenvalue weighted by atomic mass is 35.5. The fourth-order valence-corrected chi connectivity index (χ4v) is 2.87. The number of carbonyl (C=O) groups is 1. The van der Waals surface area contributed by atoms with Crippen LogP contribution >= 0.6 is 23.2 Å². The average molecular weight is 415 g/mol. The van der Waals surface area contributed by atoms with E-state index in [0.717, 1.165) is 5.56 Å². The van der Waals surface area contributed by atoms with Crippen LogP contribution in [0.25, 0.3) is 11.3 Å². The molecule has 3 aromatic rings. The van der Waals surface area contributed by atoms with Crippen LogP contribution in [-0.4, -0.2) is 16.0 Å². The fourth-order valence-electron chi connectivity index (χ4n) is 2.53. The second kappa shape index (κ2) is 8.17. The van der Waals surface area contributed by atoms with E-state index in [9.17, 15) is 4.79 Å². The zero-order chi connectivity index (χ0) is 20.3. The molecular formula is C21H20Cl2N4O. The molecule has 2 amide bonds. The zero-order valence-corrected chi connectivity index (χ0v) is 17.3. The quantitative estimate of drug-likeness (QED) is 0.521. The van der Waals surface area contributed by atoms with Crippen molar-refractivity contribution in [2.24, 2.45) is 0 Å². The van der Waals surface area contributed by atoms with Crippen molar-refractivity contribution in [1.29, 1.82) is 0 Å². The maximum absolute atomic E-state index is 12.5. The number of carbonyl (C=O) groups excluding carboxylic acids is 1. The Morgan fingerprint density at radius 1 is 0.929 bits per heavy atom. The lowest BCUT2D eigenvalue weighted by Crippen LogP contribution is -2.22. The summed E-state index contributed by atoms with van der Waals surface area (Å²) in [5.74, 6) is 0.690. The van der Waals surface area contributed by atoms with Crippen LogP contribution in [0.1, 0.15) is 26.6 Å². The third kappa shape index (κ3) is 4.61. The molecule has 28 heavy (non-hydrogen) atoms. The summed E-state index contributed by atoms with van der Waals surface area (Å²) in [4.78, 5) is 21.7. The largest absolute Gasteiger partial charge is 0.323 e. The van der Waals surface area contributed by atoms with Gasteiger partial charge in [-0.15, -0.1) is 0 Å². The number of aromatic nitrogens is 2. The summed E-state index contributed by atoms with van der Waals surface area (Å²) in [6.45, 7) is 6.12. The smallest absolute Gasteiger partial charge is 0.306 e. The Morgan fingerprint density at radius 2 is 1.61 bits per heavy atom. The number of nitrogens with one attached hydrogen (secondary N) is 2. The van der Waals surface area contributed by atoms with E-state index < -0.39 is 6.03 Å². The molecule has 0 saturated heterocycles. The first-order chi connectivity index (χ1) is 13.3. The normalized spacial score (nSPS) is 11.2. The Morgan fingerprint density at radius 3 is 2.29 bits per heavy atom. The van der Waals surface area contributed by atoms with E-state index in [4.69, 9.17) is 28.2 Å². The number of nitrogens with zero attached hydrogens (tertiary/aromatic N) is 2. The number of amides is 2. The van der Waals surface area contributed by atoms with E-state index in [1.54, 1.807) is 24.4 Å². The lowest BCUT2D eigenvalue weighted by atomic mass is 9.95. The number of hydrogen-bond acceptors (Lipinski definition) is 3. The van der Waals surface area contributed by atoms with Crippen molar-refractivity contribution >= 4 is 40.6 Å². The minimum atomic E-state index is -0.464. The molecule has 0 fully saturated rings. The van der Waals surface area contributed by atoms with Gasteiger partial charge >= 0.3 is 6.03 Å². The van der Waals surface area contributed by atoms with Gasteiger partial charge in [0.25, 0.3) is 0 Å². The molecule has 0 bridgehead atoms. The van der Waals surface area contributed by atoms with E-state index in [1.165, 1.54) is 0 Å². The highest BCUT2D eigenvalue weighted by Crippen LogP contribution is 2.31. The highest BCUT2D eigenvalue weighted by Gasteiger charge is 2.20. The van der Waals surface area contributed by atoms with Crippen LogP contribution in [-0.2, 0) is 5.41 Å². The molecule has 0 aliphatic rings. The van der Waals surface area contributed by atoms with Crippen molar-refractivity contribution in [3.8, 4) is 11.3 Å². The lowest BCUT2D eigenvalue weighted by Gasteiger charge is -2.19. The van der Waals surface area contributed by atoms with Crippen molar-refractivity contribution in [3.05, 3.63) is 70.6 Å². The first-order valence-corrected chi connectivity index (χ1v) is 9.46. The fraction of sp³-hybridized carbons (Fsp3) is 0.190. The molecule has 0 aliphatic heterocycles. The molecule has 0 atom stereocenters. The highest BCUT2D eigenvalue weighted by molar-refractivity contribution is 6.44. The number of rotatable bonds is 3. The van der Waals surface area contributed by atoms with Gasteiger partial charge in [-0.2, -0.15) is 0 Å². The molecule has 3 rings (SSSR count). The van der Waals surface area contributed by atoms with Gasteiger partial charge in [0, 0.05) is 11.0 Å². The predicted molar refractivity (Wildman–Crippen MR) is 115 cm³/mol. The number of anilines is 2. The van der Waals surface area contributed by atoms with Crippen LogP contribution in [0.4, 0.5) is 16.2 Å². The van der Waals surface area contributed by atoms with Crippen molar-refractivity contribution in [1.82, 2.24) is 9.97 Å². The number of halogens is 2. The predicted octanol–water partition coefficient (Wildman–Crippen LogP) is 6.39. The van der Waals surface area contributed by atoms with E-state index >= 15 is 0 Å². The van der Waals surface area contributed by atoms with Crippen molar-refractivity contribution in [2.75, 3.05) is 10.6 Å². The van der Waals surface area contributed by atoms with E-state index in [-0.39, 0.29) is 10.4 Å². The lowest BCUT2D eigenvalue weighted by molar-refractivity contribution is 0.262. The molecule has 0 spiro atoms. The number of urea groups is 1. The summed E-state index contributed by atoms with van der Waals surface area (Å²) < 4.78 is 0. The maximum Gasteiger partial charge on any atom is 0.323 e. The molecule has 7 heteroatoms. The van der Waals surface area contributed by atoms with Crippen LogP contribution < -0.4 is 10.6 Å². The summed E-state index contributed by atoms with van der Waals surface area (Å²) in [6.07, 6.45) is 1.62. The Hall–Kier alpha value is -2.63. The topological polar surface area (TPSA) is 66.9 Å². The number of hydrogen-bond donors (Lipinski definition) is 2. The maximum atomic E-state index is 12.5. The SMILES string of the molecule is CC(C)(C)c1ncc(NC(=O)Nc2cccc(Cl)c2Cl)c(-c2ccccc2)n1. The molecule has 2 N–H and O–H groups in total. The summed E-state index contributed by atoms with van der Waals surface area (Å²) >= 11 is 12.1. The number of benzene rings is 2. The molecular weight excluding hydrogens is 395 g/mol. The second-order valence-corrected chi connectivity index (χ2v) is 8.04. The van der Waals surface area contributed by atoms with Crippen LogP contribution in [0.2, 0.25) is 10.0 Å². The van der Waals surface area contributed by atoms with Gasteiger partial charge in [-0.25, -0.2) is 14.8 Å². The summed E-state index contributed by atoms with van der Waals surface area (Å²) in [5, 5.41) is 6.15. The summed E-state index contributed by atoms with van der Waals surface area (Å²) in [5.41, 5.74) is 2.22. The molecule has 5 nitrogen and oxygen atoms in total. The van der Waals surface area contributed by atoms with Gasteiger partial charge in [0.05, 0.1) is 33.3 Å². The monoisotopic (exact) mass is 414 g/mol. The molecule has 1 heterocycles. The van der Waals surface area contributed by atoms with Crippen LogP contribution in [0, 0.1) is 0 Å². The van der Waals surface area contributed by atoms with Gasteiger partial charge in [-0.3, -0.25) is 0 Å². The van der Waals surface area contributed by atoms with Crippen LogP contribution in [0.5, 0.6) is 0 Å². The van der Waals surface area contributed by atoms with E-state index in [2.05, 4.69) is 15.6 Å². The molecule has 0 unspecified atom stereocenters. The molecule has 2 aromatic carbocycles. The van der Waals surface area contributed by atoms with E-state index in [0.29, 0.717) is 27.9 Å². The third-order valence-corrected chi connectivity index (χ3v) is 4.77. The molecule has 0 radical (unpaired) electrons. The minimum Gasteiger partial charge on any atom is -0.306 e. The second-order valence-electron chi connectivity index (χ2n) is 7.25. The van der Waals surface area contributed by atoms with Crippen molar-refractivity contribution in [2.45, 2.75) is 26.2 Å². The van der Waals surface area contributed by atoms with Gasteiger partial charge in [-0.05, 0) is 12.1 Å². The van der Waals surface area contributed by atoms with Crippen molar-refractivity contribution < 1.29 is 4.79 Å². The molecule has 1 aromatic heterocycles. The van der Waals surface area contributed by atoms with Crippen molar-refractivity contribution in [3.63, 3.8) is 0 Å². The molecule has 0 saturated carbocycles. The standard InChI is InChI=1S/C21H20Cl2N4O/c1-21(2,3)19-24-12-16(18(27-19)13-8-5-4-6-9-13)26-20(28)25-15-11-7-10-14(22)17(15)23/h4-12H,1-3H3,(H2,25,26,28). The van der Waals surface area contributed by atoms with Gasteiger partial charge < -0.3 is 10.6 Å². The van der Waals surface area contributed by atoms with Gasteiger partial charge in [0.1, 0.15) is 5.82 Å². The zero-order valence-electron chi connectivity index (χ0n) is 15.8. The average Bonchev–Trinajstić information content (AvgIpc) is 2.65. The Bertz CT molecular complexity index is 1000. The van der Waals surface area contributed by atoms with Gasteiger partial charge in [0.2, 0.25) is 0 Å². The third-order valence-electron chi connectivity index (χ3n) is 3.95. The van der Waals surface area contributed by atoms with Gasteiger partial charge in [-0.1, -0.05) is 80.4 Å². The molecule has 144 valence electrons. The minimum absolute atomic E-state index is 0.224. The van der Waals surface area contributed by atoms with E-state index in [1.807, 2.05) is 51.1 Å². The molecule has 0 aliphatic carbocycles. The first-order valence-electron chi connectivity index (χ1n) is 8.70. The van der Waals surface area contributed by atoms with Gasteiger partial charge in [0.15, 0.2) is 0 Å². The first kappa shape index (κ1) is 20.1. The Labute approximate surface area is 174 Å². The van der Waals surface area contributed by atoms with Crippen LogP contribution in [0.3, 0.4) is 0 Å².